The number of carbonyl (C=O) groups is 2. The summed E-state index contributed by atoms with van der Waals surface area (Å²) in [5, 5.41) is 6.92. The zero-order chi connectivity index (χ0) is 21.7. The van der Waals surface area contributed by atoms with Crippen LogP contribution in [0.15, 0.2) is 28.8 Å². The minimum Gasteiger partial charge on any atom is -0.489 e. The van der Waals surface area contributed by atoms with Gasteiger partial charge in [0.1, 0.15) is 18.1 Å². The van der Waals surface area contributed by atoms with Gasteiger partial charge in [-0.1, -0.05) is 24.9 Å². The second kappa shape index (κ2) is 9.78. The van der Waals surface area contributed by atoms with E-state index in [9.17, 15) is 9.59 Å². The lowest BCUT2D eigenvalue weighted by molar-refractivity contribution is -0.130. The van der Waals surface area contributed by atoms with Gasteiger partial charge in [0.2, 0.25) is 0 Å². The number of carbonyl (C=O) groups excluding carboxylic acids is 2. The average Bonchev–Trinajstić information content (AvgIpc) is 3.05. The summed E-state index contributed by atoms with van der Waals surface area (Å²) in [6.45, 7) is 7.78. The Bertz CT molecular complexity index is 855. The molecule has 1 aliphatic rings. The summed E-state index contributed by atoms with van der Waals surface area (Å²) in [4.78, 5) is 24.8. The molecule has 30 heavy (non-hydrogen) atoms. The molecule has 3 rings (SSSR count). The molecule has 0 spiro atoms. The van der Waals surface area contributed by atoms with Gasteiger partial charge in [-0.3, -0.25) is 4.79 Å². The predicted octanol–water partition coefficient (Wildman–Crippen LogP) is 4.11. The number of aryl methyl sites for hydroxylation is 2. The first-order valence-corrected chi connectivity index (χ1v) is 10.5. The molecule has 1 heterocycles. The summed E-state index contributed by atoms with van der Waals surface area (Å²) >= 11 is 0. The molecule has 1 saturated carbocycles. The lowest BCUT2D eigenvalue weighted by Gasteiger charge is -2.30. The highest BCUT2D eigenvalue weighted by Crippen LogP contribution is 2.24. The molecule has 1 amide bonds. The molecule has 7 heteroatoms. The Morgan fingerprint density at radius 1 is 1.20 bits per heavy atom. The van der Waals surface area contributed by atoms with E-state index in [1.165, 1.54) is 6.42 Å². The van der Waals surface area contributed by atoms with E-state index in [2.05, 4.69) is 17.4 Å². The quantitative estimate of drug-likeness (QED) is 0.686. The summed E-state index contributed by atoms with van der Waals surface area (Å²) in [6.07, 6.45) is 3.57. The first-order chi connectivity index (χ1) is 14.3. The summed E-state index contributed by atoms with van der Waals surface area (Å²) in [5.41, 5.74) is 2.07. The van der Waals surface area contributed by atoms with Crippen molar-refractivity contribution in [2.45, 2.75) is 72.1 Å². The van der Waals surface area contributed by atoms with E-state index in [0.29, 0.717) is 23.8 Å². The maximum atomic E-state index is 12.4. The van der Waals surface area contributed by atoms with Crippen LogP contribution in [0.3, 0.4) is 0 Å². The molecule has 1 N–H and O–H groups in total. The topological polar surface area (TPSA) is 90.7 Å². The Balaban J connectivity index is 1.50. The fourth-order valence-corrected chi connectivity index (χ4v) is 3.66. The number of hydrogen-bond acceptors (Lipinski definition) is 6. The Morgan fingerprint density at radius 3 is 2.53 bits per heavy atom. The Kier molecular flexibility index (Phi) is 7.13. The molecule has 1 fully saturated rings. The van der Waals surface area contributed by atoms with Crippen molar-refractivity contribution in [1.29, 1.82) is 0 Å². The van der Waals surface area contributed by atoms with E-state index in [1.54, 1.807) is 31.2 Å². The van der Waals surface area contributed by atoms with Crippen LogP contribution in [0.2, 0.25) is 0 Å². The highest BCUT2D eigenvalue weighted by atomic mass is 16.5. The van der Waals surface area contributed by atoms with Gasteiger partial charge in [0.05, 0.1) is 16.8 Å². The van der Waals surface area contributed by atoms with Crippen LogP contribution in [0.25, 0.3) is 0 Å². The molecule has 0 unspecified atom stereocenters. The number of amides is 1. The minimum absolute atomic E-state index is 0.154. The van der Waals surface area contributed by atoms with Gasteiger partial charge in [0, 0.05) is 6.04 Å². The van der Waals surface area contributed by atoms with Crippen molar-refractivity contribution >= 4 is 11.9 Å². The third kappa shape index (κ3) is 5.40. The number of ether oxygens (including phenoxy) is 2. The van der Waals surface area contributed by atoms with Gasteiger partial charge < -0.3 is 19.3 Å². The lowest BCUT2D eigenvalue weighted by Crippen LogP contribution is -2.45. The Morgan fingerprint density at radius 2 is 1.90 bits per heavy atom. The number of nitrogens with one attached hydrogen (secondary N) is 1. The molecule has 0 bridgehead atoms. The third-order valence-corrected chi connectivity index (χ3v) is 5.75. The number of esters is 1. The second-order valence-electron chi connectivity index (χ2n) is 8.04. The van der Waals surface area contributed by atoms with Crippen LogP contribution in [-0.4, -0.2) is 29.2 Å². The molecule has 2 aromatic rings. The summed E-state index contributed by atoms with van der Waals surface area (Å²) in [7, 11) is 0. The van der Waals surface area contributed by atoms with Gasteiger partial charge in [0.25, 0.3) is 5.91 Å². The number of hydrogen-bond donors (Lipinski definition) is 1. The first-order valence-electron chi connectivity index (χ1n) is 10.5. The van der Waals surface area contributed by atoms with E-state index in [-0.39, 0.29) is 11.9 Å². The van der Waals surface area contributed by atoms with Crippen LogP contribution in [-0.2, 0) is 16.1 Å². The van der Waals surface area contributed by atoms with Gasteiger partial charge in [-0.2, -0.15) is 0 Å². The van der Waals surface area contributed by atoms with Crippen molar-refractivity contribution < 1.29 is 23.6 Å². The van der Waals surface area contributed by atoms with Crippen molar-refractivity contribution in [3.63, 3.8) is 0 Å². The molecular weight excluding hydrogens is 384 g/mol. The number of benzene rings is 1. The summed E-state index contributed by atoms with van der Waals surface area (Å²) < 4.78 is 16.2. The zero-order valence-corrected chi connectivity index (χ0v) is 18.1. The molecule has 0 radical (unpaired) electrons. The average molecular weight is 415 g/mol. The fourth-order valence-electron chi connectivity index (χ4n) is 3.66. The molecule has 0 aliphatic heterocycles. The highest BCUT2D eigenvalue weighted by molar-refractivity contribution is 5.92. The van der Waals surface area contributed by atoms with E-state index in [4.69, 9.17) is 14.0 Å². The molecule has 1 aromatic heterocycles. The van der Waals surface area contributed by atoms with Gasteiger partial charge in [-0.25, -0.2) is 4.79 Å². The standard InChI is InChI=1S/C23H30N2O5/c1-14-7-5-6-8-21(14)24-22(26)17(4)29-23(27)18-9-11-19(12-10-18)28-13-20-15(2)25-30-16(20)3/h9-12,14,17,21H,5-8,13H2,1-4H3,(H,24,26)/t14-,17+,21-/m0/s1. The fraction of sp³-hybridized carbons (Fsp3) is 0.522. The van der Waals surface area contributed by atoms with Crippen molar-refractivity contribution in [3.05, 3.63) is 46.8 Å². The Hall–Kier alpha value is -2.83. The monoisotopic (exact) mass is 414 g/mol. The highest BCUT2D eigenvalue weighted by Gasteiger charge is 2.26. The van der Waals surface area contributed by atoms with Gasteiger partial charge in [-0.05, 0) is 63.8 Å². The van der Waals surface area contributed by atoms with Crippen LogP contribution in [0, 0.1) is 19.8 Å². The van der Waals surface area contributed by atoms with Crippen molar-refractivity contribution in [2.24, 2.45) is 5.92 Å². The van der Waals surface area contributed by atoms with Crippen LogP contribution in [0.1, 0.15) is 66.9 Å². The van der Waals surface area contributed by atoms with Crippen molar-refractivity contribution in [3.8, 4) is 5.75 Å². The smallest absolute Gasteiger partial charge is 0.338 e. The van der Waals surface area contributed by atoms with E-state index >= 15 is 0 Å². The van der Waals surface area contributed by atoms with E-state index < -0.39 is 12.1 Å². The summed E-state index contributed by atoms with van der Waals surface area (Å²) in [5.74, 6) is 1.00. The largest absolute Gasteiger partial charge is 0.489 e. The van der Waals surface area contributed by atoms with Crippen LogP contribution in [0.5, 0.6) is 5.75 Å². The number of nitrogens with zero attached hydrogens (tertiary/aromatic N) is 1. The van der Waals surface area contributed by atoms with E-state index in [1.807, 2.05) is 13.8 Å². The van der Waals surface area contributed by atoms with Crippen LogP contribution in [0.4, 0.5) is 0 Å². The van der Waals surface area contributed by atoms with Crippen molar-refractivity contribution in [1.82, 2.24) is 10.5 Å². The normalized spacial score (nSPS) is 19.7. The molecular formula is C23H30N2O5. The van der Waals surface area contributed by atoms with Crippen LogP contribution < -0.4 is 10.1 Å². The molecule has 7 nitrogen and oxygen atoms in total. The zero-order valence-electron chi connectivity index (χ0n) is 18.1. The summed E-state index contributed by atoms with van der Waals surface area (Å²) in [6, 6.07) is 6.80. The van der Waals surface area contributed by atoms with Crippen molar-refractivity contribution in [2.75, 3.05) is 0 Å². The second-order valence-corrected chi connectivity index (χ2v) is 8.04. The lowest BCUT2D eigenvalue weighted by atomic mass is 9.86. The molecule has 1 aliphatic carbocycles. The number of rotatable bonds is 7. The SMILES string of the molecule is Cc1noc(C)c1COc1ccc(C(=O)O[C@H](C)C(=O)N[C@H]2CCCC[C@@H]2C)cc1. The molecule has 162 valence electrons. The molecule has 1 aromatic carbocycles. The maximum absolute atomic E-state index is 12.4. The third-order valence-electron chi connectivity index (χ3n) is 5.75. The predicted molar refractivity (Wildman–Crippen MR) is 111 cm³/mol. The van der Waals surface area contributed by atoms with Gasteiger partial charge in [0.15, 0.2) is 6.10 Å². The molecule has 0 saturated heterocycles. The van der Waals surface area contributed by atoms with E-state index in [0.717, 1.165) is 36.3 Å². The number of aromatic nitrogens is 1. The van der Waals surface area contributed by atoms with Gasteiger partial charge in [-0.15, -0.1) is 0 Å². The van der Waals surface area contributed by atoms with Gasteiger partial charge >= 0.3 is 5.97 Å². The minimum atomic E-state index is -0.845. The Labute approximate surface area is 177 Å². The molecule has 3 atom stereocenters. The maximum Gasteiger partial charge on any atom is 0.338 e. The first kappa shape index (κ1) is 21.9. The van der Waals surface area contributed by atoms with Crippen LogP contribution >= 0.6 is 0 Å².